The average molecular weight is 287 g/mol. The Morgan fingerprint density at radius 3 is 2.57 bits per heavy atom. The molecule has 0 unspecified atom stereocenters. The molecule has 2 aromatic rings. The van der Waals surface area contributed by atoms with Crippen molar-refractivity contribution in [3.63, 3.8) is 0 Å². The number of nitrogens with zero attached hydrogens (tertiary/aromatic N) is 1. The molecule has 2 rings (SSSR count). The van der Waals surface area contributed by atoms with Gasteiger partial charge in [0.25, 0.3) is 5.91 Å². The molecule has 1 aromatic carbocycles. The largest absolute Gasteiger partial charge is 0.494 e. The maximum absolute atomic E-state index is 11.8. The Labute approximate surface area is 122 Å². The third-order valence-corrected chi connectivity index (χ3v) is 3.05. The van der Waals surface area contributed by atoms with E-state index in [4.69, 9.17) is 10.6 Å². The van der Waals surface area contributed by atoms with Gasteiger partial charge in [-0.3, -0.25) is 15.0 Å². The maximum atomic E-state index is 11.8. The topological polar surface area (TPSA) is 86.3 Å². The molecule has 0 aliphatic carbocycles. The molecule has 1 amide bonds. The van der Waals surface area contributed by atoms with Crippen molar-refractivity contribution in [2.45, 2.75) is 13.8 Å². The Morgan fingerprint density at radius 1 is 1.33 bits per heavy atom. The highest BCUT2D eigenvalue weighted by Crippen LogP contribution is 2.16. The number of ether oxygens (including phenoxy) is 1. The number of carbonyl (C=O) groups is 1. The van der Waals surface area contributed by atoms with Gasteiger partial charge in [0.15, 0.2) is 5.43 Å². The lowest BCUT2D eigenvalue weighted by Gasteiger charge is -2.13. The number of nitrogens with one attached hydrogen (secondary N) is 1. The van der Waals surface area contributed by atoms with E-state index in [1.54, 1.807) is 11.5 Å². The van der Waals surface area contributed by atoms with Gasteiger partial charge in [0.2, 0.25) is 0 Å². The summed E-state index contributed by atoms with van der Waals surface area (Å²) >= 11 is 0. The van der Waals surface area contributed by atoms with Crippen LogP contribution in [0.1, 0.15) is 23.0 Å². The van der Waals surface area contributed by atoms with Crippen LogP contribution < -0.4 is 21.4 Å². The van der Waals surface area contributed by atoms with Gasteiger partial charge >= 0.3 is 0 Å². The fraction of sp³-hybridized carbons (Fsp3) is 0.200. The van der Waals surface area contributed by atoms with Crippen molar-refractivity contribution in [3.8, 4) is 11.4 Å². The van der Waals surface area contributed by atoms with Gasteiger partial charge in [-0.1, -0.05) is 0 Å². The van der Waals surface area contributed by atoms with Crippen LogP contribution in [-0.2, 0) is 0 Å². The van der Waals surface area contributed by atoms with E-state index in [1.165, 1.54) is 12.3 Å². The number of hydrogen-bond acceptors (Lipinski definition) is 4. The monoisotopic (exact) mass is 287 g/mol. The lowest BCUT2D eigenvalue weighted by atomic mass is 10.2. The smallest absolute Gasteiger partial charge is 0.270 e. The molecule has 0 radical (unpaired) electrons. The molecule has 0 fully saturated rings. The van der Waals surface area contributed by atoms with Crippen LogP contribution in [0, 0.1) is 6.92 Å². The molecule has 0 saturated carbocycles. The summed E-state index contributed by atoms with van der Waals surface area (Å²) in [5.41, 5.74) is 3.15. The van der Waals surface area contributed by atoms with Crippen molar-refractivity contribution in [3.05, 3.63) is 58.0 Å². The van der Waals surface area contributed by atoms with E-state index in [1.807, 2.05) is 36.6 Å². The second-order valence-electron chi connectivity index (χ2n) is 4.46. The maximum Gasteiger partial charge on any atom is 0.270 e. The number of hydrazine groups is 1. The minimum absolute atomic E-state index is 0.00279. The third-order valence-electron chi connectivity index (χ3n) is 3.05. The van der Waals surface area contributed by atoms with Crippen molar-refractivity contribution in [2.24, 2.45) is 5.84 Å². The summed E-state index contributed by atoms with van der Waals surface area (Å²) in [4.78, 5) is 23.4. The first-order valence-corrected chi connectivity index (χ1v) is 6.54. The summed E-state index contributed by atoms with van der Waals surface area (Å²) in [5.74, 6) is 5.24. The summed E-state index contributed by atoms with van der Waals surface area (Å²) in [6, 6.07) is 8.78. The molecule has 6 heteroatoms. The van der Waals surface area contributed by atoms with Gasteiger partial charge in [-0.05, 0) is 38.1 Å². The quantitative estimate of drug-likeness (QED) is 0.502. The highest BCUT2D eigenvalue weighted by atomic mass is 16.5. The zero-order chi connectivity index (χ0) is 15.4. The van der Waals surface area contributed by atoms with Crippen LogP contribution in [0.15, 0.2) is 41.3 Å². The number of rotatable bonds is 4. The number of benzene rings is 1. The van der Waals surface area contributed by atoms with Gasteiger partial charge in [0.05, 0.1) is 6.61 Å². The number of nitrogens with two attached hydrogens (primary N) is 1. The SMILES string of the molecule is CCOc1ccc(-n2cc(C(=O)NN)c(=O)cc2C)cc1. The fourth-order valence-electron chi connectivity index (χ4n) is 2.03. The molecule has 0 aliphatic heterocycles. The fourth-order valence-corrected chi connectivity index (χ4v) is 2.03. The average Bonchev–Trinajstić information content (AvgIpc) is 2.48. The molecule has 6 nitrogen and oxygen atoms in total. The molecule has 1 heterocycles. The Morgan fingerprint density at radius 2 is 2.00 bits per heavy atom. The molecule has 0 atom stereocenters. The lowest BCUT2D eigenvalue weighted by Crippen LogP contribution is -2.34. The van der Waals surface area contributed by atoms with Gasteiger partial charge in [-0.15, -0.1) is 0 Å². The molecule has 110 valence electrons. The number of hydrogen-bond donors (Lipinski definition) is 2. The highest BCUT2D eigenvalue weighted by molar-refractivity contribution is 5.93. The molecule has 1 aromatic heterocycles. The first-order chi connectivity index (χ1) is 10.1. The Balaban J connectivity index is 2.48. The van der Waals surface area contributed by atoms with Crippen molar-refractivity contribution < 1.29 is 9.53 Å². The van der Waals surface area contributed by atoms with Gasteiger partial charge in [-0.2, -0.15) is 0 Å². The van der Waals surface area contributed by atoms with E-state index >= 15 is 0 Å². The summed E-state index contributed by atoms with van der Waals surface area (Å²) < 4.78 is 7.14. The van der Waals surface area contributed by atoms with Crippen molar-refractivity contribution >= 4 is 5.91 Å². The highest BCUT2D eigenvalue weighted by Gasteiger charge is 2.11. The van der Waals surface area contributed by atoms with Crippen LogP contribution >= 0.6 is 0 Å². The molecule has 0 bridgehead atoms. The molecular formula is C15H17N3O3. The minimum atomic E-state index is -0.611. The predicted octanol–water partition coefficient (Wildman–Crippen LogP) is 1.15. The van der Waals surface area contributed by atoms with E-state index in [0.717, 1.165) is 17.1 Å². The molecule has 3 N–H and O–H groups in total. The Bertz CT molecular complexity index is 705. The standard InChI is InChI=1S/C15H17N3O3/c1-3-21-12-6-4-11(5-7-12)18-9-13(15(20)17-16)14(19)8-10(18)2/h4-9H,3,16H2,1-2H3,(H,17,20). The zero-order valence-electron chi connectivity index (χ0n) is 11.9. The van der Waals surface area contributed by atoms with E-state index in [-0.39, 0.29) is 11.0 Å². The second kappa shape index (κ2) is 6.23. The van der Waals surface area contributed by atoms with Crippen LogP contribution in [0.2, 0.25) is 0 Å². The molecule has 0 saturated heterocycles. The van der Waals surface area contributed by atoms with E-state index in [2.05, 4.69) is 0 Å². The van der Waals surface area contributed by atoms with Crippen LogP contribution in [0.3, 0.4) is 0 Å². The van der Waals surface area contributed by atoms with Gasteiger partial charge < -0.3 is 9.30 Å². The van der Waals surface area contributed by atoms with Gasteiger partial charge in [-0.25, -0.2) is 5.84 Å². The first kappa shape index (κ1) is 14.8. The summed E-state index contributed by atoms with van der Waals surface area (Å²) in [6.07, 6.45) is 1.48. The van der Waals surface area contributed by atoms with Gasteiger partial charge in [0.1, 0.15) is 11.3 Å². The molecular weight excluding hydrogens is 270 g/mol. The van der Waals surface area contributed by atoms with Crippen LogP contribution in [0.25, 0.3) is 5.69 Å². The minimum Gasteiger partial charge on any atom is -0.494 e. The number of aryl methyl sites for hydroxylation is 1. The van der Waals surface area contributed by atoms with Crippen molar-refractivity contribution in [1.82, 2.24) is 9.99 Å². The molecule has 21 heavy (non-hydrogen) atoms. The van der Waals surface area contributed by atoms with Gasteiger partial charge in [0, 0.05) is 23.6 Å². The predicted molar refractivity (Wildman–Crippen MR) is 79.6 cm³/mol. The van der Waals surface area contributed by atoms with E-state index in [9.17, 15) is 9.59 Å². The van der Waals surface area contributed by atoms with E-state index < -0.39 is 5.91 Å². The number of amides is 1. The number of nitrogen functional groups attached to an aromatic ring is 1. The molecule has 0 aliphatic rings. The summed E-state index contributed by atoms with van der Waals surface area (Å²) in [6.45, 7) is 4.30. The van der Waals surface area contributed by atoms with Crippen LogP contribution in [-0.4, -0.2) is 17.1 Å². The van der Waals surface area contributed by atoms with Crippen molar-refractivity contribution in [1.29, 1.82) is 0 Å². The van der Waals surface area contributed by atoms with Crippen LogP contribution in [0.4, 0.5) is 0 Å². The molecule has 0 spiro atoms. The Hall–Kier alpha value is -2.60. The Kier molecular flexibility index (Phi) is 4.39. The normalized spacial score (nSPS) is 10.2. The number of carbonyl (C=O) groups excluding carboxylic acids is 1. The van der Waals surface area contributed by atoms with Crippen LogP contribution in [0.5, 0.6) is 5.75 Å². The second-order valence-corrected chi connectivity index (χ2v) is 4.46. The summed E-state index contributed by atoms with van der Waals surface area (Å²) in [5, 5.41) is 0. The lowest BCUT2D eigenvalue weighted by molar-refractivity contribution is 0.0952. The van der Waals surface area contributed by atoms with E-state index in [0.29, 0.717) is 6.61 Å². The number of aromatic nitrogens is 1. The number of pyridine rings is 1. The first-order valence-electron chi connectivity index (χ1n) is 6.54. The zero-order valence-corrected chi connectivity index (χ0v) is 11.9. The van der Waals surface area contributed by atoms with Crippen molar-refractivity contribution in [2.75, 3.05) is 6.61 Å². The summed E-state index contributed by atoms with van der Waals surface area (Å²) in [7, 11) is 0. The third kappa shape index (κ3) is 3.11.